The summed E-state index contributed by atoms with van der Waals surface area (Å²) < 4.78 is 5.91. The zero-order valence-electron chi connectivity index (χ0n) is 14.3. The van der Waals surface area contributed by atoms with Crippen LogP contribution in [0.3, 0.4) is 0 Å². The van der Waals surface area contributed by atoms with Gasteiger partial charge in [0, 0.05) is 16.3 Å². The normalized spacial score (nSPS) is 19.2. The summed E-state index contributed by atoms with van der Waals surface area (Å²) in [5, 5.41) is 3.09. The van der Waals surface area contributed by atoms with Crippen molar-refractivity contribution in [2.75, 3.05) is 13.2 Å². The Morgan fingerprint density at radius 2 is 2.27 bits per heavy atom. The molecular weight excluding hydrogens is 366 g/mol. The first-order valence-electron chi connectivity index (χ1n) is 9.02. The van der Waals surface area contributed by atoms with E-state index in [-0.39, 0.29) is 18.6 Å². The van der Waals surface area contributed by atoms with Gasteiger partial charge in [0.25, 0.3) is 5.91 Å². The Kier molecular flexibility index (Phi) is 4.13. The van der Waals surface area contributed by atoms with Crippen molar-refractivity contribution in [2.45, 2.75) is 38.1 Å². The number of carbonyl (C=O) groups excluding carboxylic acids is 1. The van der Waals surface area contributed by atoms with Gasteiger partial charge in [-0.05, 0) is 49.1 Å². The van der Waals surface area contributed by atoms with Crippen LogP contribution in [0.5, 0.6) is 5.88 Å². The molecule has 0 saturated carbocycles. The summed E-state index contributed by atoms with van der Waals surface area (Å²) in [6.07, 6.45) is 6.97. The van der Waals surface area contributed by atoms with E-state index < -0.39 is 0 Å². The van der Waals surface area contributed by atoms with Crippen LogP contribution in [-0.2, 0) is 17.6 Å². The number of amides is 1. The molecule has 0 aromatic carbocycles. The summed E-state index contributed by atoms with van der Waals surface area (Å²) in [7, 11) is 0. The standard InChI is InChI=1S/C19H19N3O2S2/c23-16(22-8-2-5-13(22)15-7-3-9-25-15)10-24-18-17-12-4-1-6-14(12)26-19(17)21-11-20-18/h3,7,9,11,13H,1-2,4-6,8,10H2. The third kappa shape index (κ3) is 2.70. The van der Waals surface area contributed by atoms with E-state index in [4.69, 9.17) is 4.74 Å². The number of thiophene rings is 2. The Labute approximate surface area is 159 Å². The van der Waals surface area contributed by atoms with Crippen molar-refractivity contribution >= 4 is 38.8 Å². The van der Waals surface area contributed by atoms with E-state index >= 15 is 0 Å². The van der Waals surface area contributed by atoms with Crippen LogP contribution in [0.25, 0.3) is 10.2 Å². The number of fused-ring (bicyclic) bond motifs is 3. The molecule has 0 bridgehead atoms. The number of carbonyl (C=O) groups is 1. The number of ether oxygens (including phenoxy) is 1. The lowest BCUT2D eigenvalue weighted by Crippen LogP contribution is -2.34. The molecule has 1 aliphatic carbocycles. The quantitative estimate of drug-likeness (QED) is 0.682. The maximum atomic E-state index is 12.8. The number of hydrogen-bond acceptors (Lipinski definition) is 6. The highest BCUT2D eigenvalue weighted by Crippen LogP contribution is 2.40. The topological polar surface area (TPSA) is 55.3 Å². The lowest BCUT2D eigenvalue weighted by molar-refractivity contribution is -0.134. The molecular formula is C19H19N3O2S2. The van der Waals surface area contributed by atoms with Gasteiger partial charge < -0.3 is 9.64 Å². The highest BCUT2D eigenvalue weighted by atomic mass is 32.1. The van der Waals surface area contributed by atoms with Gasteiger partial charge in [-0.3, -0.25) is 4.79 Å². The summed E-state index contributed by atoms with van der Waals surface area (Å²) in [5.74, 6) is 0.606. The van der Waals surface area contributed by atoms with Gasteiger partial charge in [-0.25, -0.2) is 9.97 Å². The SMILES string of the molecule is O=C(COc1ncnc2sc3c(c12)CCC3)N1CCCC1c1cccs1. The monoisotopic (exact) mass is 385 g/mol. The molecule has 26 heavy (non-hydrogen) atoms. The minimum atomic E-state index is 0.0403. The Morgan fingerprint density at radius 3 is 3.15 bits per heavy atom. The number of rotatable bonds is 4. The van der Waals surface area contributed by atoms with Crippen molar-refractivity contribution in [3.8, 4) is 5.88 Å². The van der Waals surface area contributed by atoms with E-state index in [0.29, 0.717) is 5.88 Å². The lowest BCUT2D eigenvalue weighted by Gasteiger charge is -2.23. The van der Waals surface area contributed by atoms with Crippen molar-refractivity contribution in [2.24, 2.45) is 0 Å². The Bertz CT molecular complexity index is 951. The van der Waals surface area contributed by atoms with E-state index in [1.54, 1.807) is 22.7 Å². The molecule has 1 atom stereocenters. The average molecular weight is 386 g/mol. The molecule has 1 fully saturated rings. The zero-order valence-corrected chi connectivity index (χ0v) is 15.9. The molecule has 4 heterocycles. The summed E-state index contributed by atoms with van der Waals surface area (Å²) in [6.45, 7) is 0.844. The fraction of sp³-hybridized carbons (Fsp3) is 0.421. The molecule has 1 aliphatic heterocycles. The Hall–Kier alpha value is -1.99. The smallest absolute Gasteiger partial charge is 0.261 e. The van der Waals surface area contributed by atoms with Crippen LogP contribution in [0.1, 0.15) is 40.6 Å². The number of likely N-dealkylation sites (tertiary alicyclic amines) is 1. The predicted molar refractivity (Wildman–Crippen MR) is 103 cm³/mol. The van der Waals surface area contributed by atoms with Gasteiger partial charge in [0.15, 0.2) is 6.61 Å². The fourth-order valence-corrected chi connectivity index (χ4v) is 6.16. The Morgan fingerprint density at radius 1 is 1.31 bits per heavy atom. The summed E-state index contributed by atoms with van der Waals surface area (Å²) in [4.78, 5) is 27.1. The van der Waals surface area contributed by atoms with E-state index in [0.717, 1.165) is 42.4 Å². The molecule has 5 nitrogen and oxygen atoms in total. The van der Waals surface area contributed by atoms with Crippen LogP contribution >= 0.6 is 22.7 Å². The van der Waals surface area contributed by atoms with E-state index in [9.17, 15) is 4.79 Å². The molecule has 3 aromatic rings. The molecule has 0 radical (unpaired) electrons. The molecule has 0 spiro atoms. The third-order valence-corrected chi connectivity index (χ3v) is 7.42. The molecule has 5 rings (SSSR count). The van der Waals surface area contributed by atoms with Crippen LogP contribution in [0, 0.1) is 0 Å². The fourth-order valence-electron chi connectivity index (χ4n) is 4.06. The third-order valence-electron chi connectivity index (χ3n) is 5.24. The minimum absolute atomic E-state index is 0.0403. The first-order valence-corrected chi connectivity index (χ1v) is 10.7. The highest BCUT2D eigenvalue weighted by Gasteiger charge is 2.31. The highest BCUT2D eigenvalue weighted by molar-refractivity contribution is 7.19. The number of aromatic nitrogens is 2. The van der Waals surface area contributed by atoms with Gasteiger partial charge in [-0.15, -0.1) is 22.7 Å². The molecule has 1 amide bonds. The first-order chi connectivity index (χ1) is 12.8. The van der Waals surface area contributed by atoms with E-state index in [1.807, 2.05) is 11.0 Å². The molecule has 3 aromatic heterocycles. The molecule has 7 heteroatoms. The maximum Gasteiger partial charge on any atom is 0.261 e. The molecule has 1 saturated heterocycles. The van der Waals surface area contributed by atoms with Gasteiger partial charge in [-0.2, -0.15) is 0 Å². The average Bonchev–Trinajstić information content (AvgIpc) is 3.42. The van der Waals surface area contributed by atoms with Gasteiger partial charge in [0.2, 0.25) is 5.88 Å². The molecule has 1 unspecified atom stereocenters. The molecule has 0 N–H and O–H groups in total. The Balaban J connectivity index is 1.35. The van der Waals surface area contributed by atoms with Gasteiger partial charge in [0.05, 0.1) is 11.4 Å². The molecule has 2 aliphatic rings. The second-order valence-corrected chi connectivity index (χ2v) is 8.83. The summed E-state index contributed by atoms with van der Waals surface area (Å²) in [5.41, 5.74) is 1.32. The molecule has 134 valence electrons. The van der Waals surface area contributed by atoms with E-state index in [2.05, 4.69) is 21.4 Å². The van der Waals surface area contributed by atoms with Crippen molar-refractivity contribution in [3.05, 3.63) is 39.2 Å². The van der Waals surface area contributed by atoms with Crippen LogP contribution in [-0.4, -0.2) is 33.9 Å². The van der Waals surface area contributed by atoms with Gasteiger partial charge in [0.1, 0.15) is 11.2 Å². The second kappa shape index (κ2) is 6.63. The van der Waals surface area contributed by atoms with Crippen LogP contribution in [0.15, 0.2) is 23.8 Å². The van der Waals surface area contributed by atoms with Crippen LogP contribution in [0.4, 0.5) is 0 Å². The number of hydrogen-bond donors (Lipinski definition) is 0. The second-order valence-electron chi connectivity index (χ2n) is 6.77. The number of aryl methyl sites for hydroxylation is 2. The van der Waals surface area contributed by atoms with Crippen molar-refractivity contribution in [1.29, 1.82) is 0 Å². The zero-order chi connectivity index (χ0) is 17.5. The van der Waals surface area contributed by atoms with Crippen molar-refractivity contribution in [3.63, 3.8) is 0 Å². The lowest BCUT2D eigenvalue weighted by atomic mass is 10.2. The van der Waals surface area contributed by atoms with Crippen molar-refractivity contribution < 1.29 is 9.53 Å². The summed E-state index contributed by atoms with van der Waals surface area (Å²) in [6, 6.07) is 4.36. The number of nitrogens with zero attached hydrogens (tertiary/aromatic N) is 3. The van der Waals surface area contributed by atoms with Gasteiger partial charge in [-0.1, -0.05) is 6.07 Å². The van der Waals surface area contributed by atoms with Crippen molar-refractivity contribution in [1.82, 2.24) is 14.9 Å². The van der Waals surface area contributed by atoms with E-state index in [1.165, 1.54) is 28.1 Å². The van der Waals surface area contributed by atoms with Crippen LogP contribution in [0.2, 0.25) is 0 Å². The predicted octanol–water partition coefficient (Wildman–Crippen LogP) is 3.98. The minimum Gasteiger partial charge on any atom is -0.467 e. The maximum absolute atomic E-state index is 12.8. The van der Waals surface area contributed by atoms with Gasteiger partial charge >= 0.3 is 0 Å². The first kappa shape index (κ1) is 16.2. The van der Waals surface area contributed by atoms with Crippen LogP contribution < -0.4 is 4.74 Å². The summed E-state index contributed by atoms with van der Waals surface area (Å²) >= 11 is 3.45. The largest absolute Gasteiger partial charge is 0.467 e.